The molecule has 0 aromatic heterocycles. The van der Waals surface area contributed by atoms with Gasteiger partial charge in [0.05, 0.1) is 6.54 Å². The zero-order chi connectivity index (χ0) is 12.9. The second-order valence-corrected chi connectivity index (χ2v) is 5.12. The minimum absolute atomic E-state index is 0.0363. The molecular weight excluding hydrogens is 244 g/mol. The van der Waals surface area contributed by atoms with E-state index in [1.54, 1.807) is 18.2 Å². The molecular formula is C13H18ClF2N. The molecule has 0 aliphatic heterocycles. The predicted octanol–water partition coefficient (Wildman–Crippen LogP) is 3.78. The fraction of sp³-hybridized carbons (Fsp3) is 0.538. The number of benzene rings is 1. The van der Waals surface area contributed by atoms with Crippen molar-refractivity contribution in [1.82, 2.24) is 5.32 Å². The highest BCUT2D eigenvalue weighted by atomic mass is 35.5. The average Bonchev–Trinajstić information content (AvgIpc) is 2.28. The van der Waals surface area contributed by atoms with Crippen LogP contribution in [0.3, 0.4) is 0 Å². The van der Waals surface area contributed by atoms with Gasteiger partial charge in [-0.05, 0) is 20.3 Å². The quantitative estimate of drug-likeness (QED) is 0.769. The van der Waals surface area contributed by atoms with Crippen LogP contribution in [-0.4, -0.2) is 18.0 Å². The Bertz CT molecular complexity index is 339. The van der Waals surface area contributed by atoms with E-state index in [-0.39, 0.29) is 17.6 Å². The molecule has 0 radical (unpaired) electrons. The average molecular weight is 262 g/mol. The van der Waals surface area contributed by atoms with Crippen molar-refractivity contribution >= 4 is 11.6 Å². The summed E-state index contributed by atoms with van der Waals surface area (Å²) < 4.78 is 27.7. The van der Waals surface area contributed by atoms with E-state index in [1.165, 1.54) is 12.1 Å². The lowest BCUT2D eigenvalue weighted by atomic mass is 10.0. The summed E-state index contributed by atoms with van der Waals surface area (Å²) in [5.41, 5.74) is -0.339. The zero-order valence-corrected chi connectivity index (χ0v) is 10.9. The van der Waals surface area contributed by atoms with Gasteiger partial charge in [-0.3, -0.25) is 0 Å². The van der Waals surface area contributed by atoms with Gasteiger partial charge in [0.2, 0.25) is 0 Å². The van der Waals surface area contributed by atoms with E-state index in [9.17, 15) is 8.78 Å². The lowest BCUT2D eigenvalue weighted by Crippen LogP contribution is -2.45. The predicted molar refractivity (Wildman–Crippen MR) is 67.8 cm³/mol. The maximum absolute atomic E-state index is 13.8. The molecule has 4 heteroatoms. The number of alkyl halides is 3. The second kappa shape index (κ2) is 5.78. The van der Waals surface area contributed by atoms with Crippen LogP contribution in [0, 0.1) is 0 Å². The minimum Gasteiger partial charge on any atom is -0.306 e. The fourth-order valence-corrected chi connectivity index (χ4v) is 1.93. The van der Waals surface area contributed by atoms with Crippen molar-refractivity contribution < 1.29 is 8.78 Å². The van der Waals surface area contributed by atoms with Crippen LogP contribution in [0.25, 0.3) is 0 Å². The monoisotopic (exact) mass is 261 g/mol. The lowest BCUT2D eigenvalue weighted by Gasteiger charge is -2.28. The minimum atomic E-state index is -2.86. The third-order valence-corrected chi connectivity index (χ3v) is 2.89. The highest BCUT2D eigenvalue weighted by Gasteiger charge is 2.33. The third kappa shape index (κ3) is 4.60. The number of nitrogens with one attached hydrogen (secondary N) is 1. The van der Waals surface area contributed by atoms with E-state index in [4.69, 9.17) is 11.6 Å². The molecule has 0 heterocycles. The van der Waals surface area contributed by atoms with E-state index in [2.05, 4.69) is 5.32 Å². The first kappa shape index (κ1) is 14.4. The third-order valence-electron chi connectivity index (χ3n) is 2.70. The van der Waals surface area contributed by atoms with Gasteiger partial charge in [0, 0.05) is 17.0 Å². The SMILES string of the molecule is CC(C)(CCCl)NCC(F)(F)c1ccccc1. The molecule has 0 atom stereocenters. The molecule has 1 aromatic rings. The van der Waals surface area contributed by atoms with Crippen LogP contribution >= 0.6 is 11.6 Å². The van der Waals surface area contributed by atoms with Crippen molar-refractivity contribution in [2.45, 2.75) is 31.7 Å². The molecule has 1 rings (SSSR count). The number of hydrogen-bond acceptors (Lipinski definition) is 1. The van der Waals surface area contributed by atoms with Gasteiger partial charge in [0.15, 0.2) is 0 Å². The Kier molecular flexibility index (Phi) is 4.90. The van der Waals surface area contributed by atoms with Gasteiger partial charge in [-0.15, -0.1) is 11.6 Å². The van der Waals surface area contributed by atoms with E-state index >= 15 is 0 Å². The standard InChI is InChI=1S/C13H18ClF2N/c1-12(2,8-9-14)17-10-13(15,16)11-6-4-3-5-7-11/h3-7,17H,8-10H2,1-2H3. The summed E-state index contributed by atoms with van der Waals surface area (Å²) in [6.07, 6.45) is 0.652. The van der Waals surface area contributed by atoms with Crippen LogP contribution in [0.4, 0.5) is 8.78 Å². The zero-order valence-electron chi connectivity index (χ0n) is 10.1. The number of halogens is 3. The van der Waals surface area contributed by atoms with Gasteiger partial charge >= 0.3 is 0 Å². The first-order chi connectivity index (χ1) is 7.87. The Morgan fingerprint density at radius 3 is 2.29 bits per heavy atom. The summed E-state index contributed by atoms with van der Waals surface area (Å²) in [5.74, 6) is -2.40. The smallest absolute Gasteiger partial charge is 0.285 e. The molecule has 0 bridgehead atoms. The van der Waals surface area contributed by atoms with Crippen molar-refractivity contribution in [2.24, 2.45) is 0 Å². The Hall–Kier alpha value is -0.670. The summed E-state index contributed by atoms with van der Waals surface area (Å²) in [6, 6.07) is 7.84. The molecule has 0 aliphatic carbocycles. The highest BCUT2D eigenvalue weighted by molar-refractivity contribution is 6.17. The fourth-order valence-electron chi connectivity index (χ4n) is 1.46. The summed E-state index contributed by atoms with van der Waals surface area (Å²) in [7, 11) is 0. The van der Waals surface area contributed by atoms with Crippen LogP contribution in [0.1, 0.15) is 25.8 Å². The molecule has 1 aromatic carbocycles. The van der Waals surface area contributed by atoms with Gasteiger partial charge in [0.25, 0.3) is 5.92 Å². The van der Waals surface area contributed by atoms with Crippen molar-refractivity contribution in [3.63, 3.8) is 0 Å². The van der Waals surface area contributed by atoms with Gasteiger partial charge < -0.3 is 5.32 Å². The first-order valence-corrected chi connectivity index (χ1v) is 6.15. The molecule has 17 heavy (non-hydrogen) atoms. The Morgan fingerprint density at radius 2 is 1.76 bits per heavy atom. The molecule has 0 aliphatic rings. The molecule has 1 nitrogen and oxygen atoms in total. The Morgan fingerprint density at radius 1 is 1.18 bits per heavy atom. The molecule has 0 unspecified atom stereocenters. The molecule has 0 amide bonds. The van der Waals surface area contributed by atoms with E-state index in [0.29, 0.717) is 12.3 Å². The summed E-state index contributed by atoms with van der Waals surface area (Å²) >= 11 is 5.63. The normalized spacial score (nSPS) is 12.8. The molecule has 1 N–H and O–H groups in total. The van der Waals surface area contributed by atoms with Crippen LogP contribution in [0.2, 0.25) is 0 Å². The summed E-state index contributed by atoms with van der Waals surface area (Å²) in [5, 5.41) is 2.86. The maximum Gasteiger partial charge on any atom is 0.285 e. The van der Waals surface area contributed by atoms with E-state index in [1.807, 2.05) is 13.8 Å². The first-order valence-electron chi connectivity index (χ1n) is 5.62. The topological polar surface area (TPSA) is 12.0 Å². The van der Waals surface area contributed by atoms with Gasteiger partial charge in [-0.1, -0.05) is 30.3 Å². The molecule has 0 saturated carbocycles. The lowest BCUT2D eigenvalue weighted by molar-refractivity contribution is -0.00958. The van der Waals surface area contributed by atoms with Crippen molar-refractivity contribution in [3.8, 4) is 0 Å². The number of hydrogen-bond donors (Lipinski definition) is 1. The Labute approximate surface area is 106 Å². The molecule has 0 fully saturated rings. The van der Waals surface area contributed by atoms with Gasteiger partial charge in [0.1, 0.15) is 0 Å². The van der Waals surface area contributed by atoms with Crippen molar-refractivity contribution in [1.29, 1.82) is 0 Å². The van der Waals surface area contributed by atoms with E-state index < -0.39 is 5.92 Å². The van der Waals surface area contributed by atoms with Gasteiger partial charge in [-0.25, -0.2) is 0 Å². The molecule has 0 spiro atoms. The maximum atomic E-state index is 13.8. The van der Waals surface area contributed by atoms with Crippen molar-refractivity contribution in [3.05, 3.63) is 35.9 Å². The highest BCUT2D eigenvalue weighted by Crippen LogP contribution is 2.27. The van der Waals surface area contributed by atoms with Crippen LogP contribution in [0.15, 0.2) is 30.3 Å². The van der Waals surface area contributed by atoms with Crippen LogP contribution in [-0.2, 0) is 5.92 Å². The second-order valence-electron chi connectivity index (χ2n) is 4.75. The van der Waals surface area contributed by atoms with Crippen LogP contribution in [0.5, 0.6) is 0 Å². The largest absolute Gasteiger partial charge is 0.306 e. The van der Waals surface area contributed by atoms with Gasteiger partial charge in [-0.2, -0.15) is 8.78 Å². The molecule has 96 valence electrons. The van der Waals surface area contributed by atoms with Crippen LogP contribution < -0.4 is 5.32 Å². The summed E-state index contributed by atoms with van der Waals surface area (Å²) in [6.45, 7) is 3.37. The van der Waals surface area contributed by atoms with E-state index in [0.717, 1.165) is 0 Å². The summed E-state index contributed by atoms with van der Waals surface area (Å²) in [4.78, 5) is 0. The molecule has 0 saturated heterocycles. The number of rotatable bonds is 6. The van der Waals surface area contributed by atoms with Crippen molar-refractivity contribution in [2.75, 3.05) is 12.4 Å². The Balaban J connectivity index is 2.62.